The van der Waals surface area contributed by atoms with Crippen LogP contribution < -0.4 is 4.74 Å². The number of carbonyl (C=O) groups is 1. The first-order valence-electron chi connectivity index (χ1n) is 11.0. The number of aromatic hydroxyl groups is 1. The van der Waals surface area contributed by atoms with Crippen LogP contribution in [0.5, 0.6) is 11.5 Å². The molecule has 28 heavy (non-hydrogen) atoms. The second-order valence-electron chi connectivity index (χ2n) is 10.3. The number of hydrogen-bond donors (Lipinski definition) is 2. The van der Waals surface area contributed by atoms with Gasteiger partial charge in [0.2, 0.25) is 0 Å². The lowest BCUT2D eigenvalue weighted by molar-refractivity contribution is -0.951. The van der Waals surface area contributed by atoms with Gasteiger partial charge in [0.1, 0.15) is 11.6 Å². The van der Waals surface area contributed by atoms with Crippen molar-refractivity contribution in [2.45, 2.75) is 74.5 Å². The van der Waals surface area contributed by atoms with Crippen molar-refractivity contribution in [3.8, 4) is 11.5 Å². The van der Waals surface area contributed by atoms with E-state index in [9.17, 15) is 15.0 Å². The molecule has 2 N–H and O–H groups in total. The Bertz CT molecular complexity index is 878. The highest BCUT2D eigenvalue weighted by Gasteiger charge is 2.76. The zero-order valence-electron chi connectivity index (χ0n) is 16.6. The van der Waals surface area contributed by atoms with Gasteiger partial charge in [-0.15, -0.1) is 0 Å². The van der Waals surface area contributed by atoms with E-state index in [2.05, 4.69) is 7.05 Å². The number of aliphatic hydroxyl groups is 1. The van der Waals surface area contributed by atoms with Gasteiger partial charge in [-0.05, 0) is 30.9 Å². The molecule has 5 nitrogen and oxygen atoms in total. The topological polar surface area (TPSA) is 66.8 Å². The van der Waals surface area contributed by atoms with E-state index in [0.717, 1.165) is 47.5 Å². The van der Waals surface area contributed by atoms with Crippen molar-refractivity contribution in [3.05, 3.63) is 23.3 Å². The first kappa shape index (κ1) is 17.3. The summed E-state index contributed by atoms with van der Waals surface area (Å²) in [5, 5.41) is 22.7. The molecule has 1 unspecified atom stereocenters. The fraction of sp³-hybridized carbons (Fsp3) is 0.696. The van der Waals surface area contributed by atoms with Gasteiger partial charge in [0, 0.05) is 30.7 Å². The Morgan fingerprint density at radius 3 is 2.82 bits per heavy atom. The third-order valence-electron chi connectivity index (χ3n) is 9.05. The molecular formula is C23H30NO4+. The number of quaternary nitrogens is 1. The van der Waals surface area contributed by atoms with Crippen LogP contribution in [0.2, 0.25) is 0 Å². The van der Waals surface area contributed by atoms with Crippen molar-refractivity contribution < 1.29 is 24.2 Å². The summed E-state index contributed by atoms with van der Waals surface area (Å²) >= 11 is 0. The van der Waals surface area contributed by atoms with Crippen molar-refractivity contribution in [2.75, 3.05) is 20.1 Å². The van der Waals surface area contributed by atoms with Crippen LogP contribution in [0.15, 0.2) is 12.1 Å². The summed E-state index contributed by atoms with van der Waals surface area (Å²) in [7, 11) is 2.33. The lowest BCUT2D eigenvalue weighted by Gasteiger charge is -2.64. The number of phenols is 1. The lowest BCUT2D eigenvalue weighted by Crippen LogP contribution is -2.81. The average molecular weight is 384 g/mol. The van der Waals surface area contributed by atoms with Crippen molar-refractivity contribution in [1.29, 1.82) is 0 Å². The highest BCUT2D eigenvalue weighted by molar-refractivity contribution is 5.90. The van der Waals surface area contributed by atoms with E-state index >= 15 is 0 Å². The number of ether oxygens (including phenoxy) is 1. The van der Waals surface area contributed by atoms with Crippen molar-refractivity contribution in [3.63, 3.8) is 0 Å². The van der Waals surface area contributed by atoms with Crippen LogP contribution in [0.3, 0.4) is 0 Å². The second-order valence-corrected chi connectivity index (χ2v) is 10.3. The predicted molar refractivity (Wildman–Crippen MR) is 103 cm³/mol. The Morgan fingerprint density at radius 1 is 1.25 bits per heavy atom. The van der Waals surface area contributed by atoms with Gasteiger partial charge >= 0.3 is 0 Å². The van der Waals surface area contributed by atoms with E-state index in [0.29, 0.717) is 18.6 Å². The Morgan fingerprint density at radius 2 is 2.04 bits per heavy atom. The summed E-state index contributed by atoms with van der Waals surface area (Å²) < 4.78 is 7.02. The molecule has 3 fully saturated rings. The number of hydrogen-bond acceptors (Lipinski definition) is 4. The van der Waals surface area contributed by atoms with E-state index in [1.54, 1.807) is 6.07 Å². The number of rotatable bonds is 2. The number of ketones is 1. The van der Waals surface area contributed by atoms with Crippen LogP contribution in [-0.4, -0.2) is 58.4 Å². The molecule has 150 valence electrons. The molecule has 1 spiro atoms. The Balaban J connectivity index is 1.53. The molecule has 6 rings (SSSR count). The van der Waals surface area contributed by atoms with Gasteiger partial charge in [-0.25, -0.2) is 0 Å². The van der Waals surface area contributed by atoms with Crippen LogP contribution in [0.1, 0.15) is 56.1 Å². The monoisotopic (exact) mass is 384 g/mol. The Hall–Kier alpha value is -1.59. The molecule has 3 aliphatic carbocycles. The first-order chi connectivity index (χ1) is 13.4. The van der Waals surface area contributed by atoms with E-state index in [1.807, 2.05) is 6.07 Å². The SMILES string of the molecule is C[N+]1(CC2CCCC2)CC[C@@]23c4c5ccc(O)c4O[C@H]2C(=O)CC[C@@]3(O)[C@H]1C5. The maximum absolute atomic E-state index is 12.9. The quantitative estimate of drug-likeness (QED) is 0.769. The number of piperidine rings is 1. The largest absolute Gasteiger partial charge is 0.504 e. The average Bonchev–Trinajstić information content (AvgIpc) is 3.29. The van der Waals surface area contributed by atoms with E-state index in [1.165, 1.54) is 25.7 Å². The molecule has 1 saturated heterocycles. The van der Waals surface area contributed by atoms with Gasteiger partial charge in [0.25, 0.3) is 0 Å². The fourth-order valence-corrected chi connectivity index (χ4v) is 7.83. The van der Waals surface area contributed by atoms with Crippen LogP contribution in [0.4, 0.5) is 0 Å². The van der Waals surface area contributed by atoms with E-state index < -0.39 is 17.1 Å². The molecule has 0 amide bonds. The molecule has 2 heterocycles. The molecule has 2 saturated carbocycles. The summed E-state index contributed by atoms with van der Waals surface area (Å²) in [6.07, 6.45) is 7.08. The molecule has 1 aromatic carbocycles. The number of nitrogens with zero attached hydrogens (tertiary/aromatic N) is 1. The maximum Gasteiger partial charge on any atom is 0.174 e. The zero-order chi connectivity index (χ0) is 19.3. The van der Waals surface area contributed by atoms with E-state index in [4.69, 9.17) is 4.74 Å². The van der Waals surface area contributed by atoms with Crippen molar-refractivity contribution in [2.24, 2.45) is 5.92 Å². The maximum atomic E-state index is 12.9. The van der Waals surface area contributed by atoms with Crippen LogP contribution in [0.25, 0.3) is 0 Å². The lowest BCUT2D eigenvalue weighted by atomic mass is 9.48. The summed E-state index contributed by atoms with van der Waals surface area (Å²) in [4.78, 5) is 12.9. The van der Waals surface area contributed by atoms with Gasteiger partial charge in [-0.2, -0.15) is 0 Å². The Kier molecular flexibility index (Phi) is 3.28. The number of Topliss-reactive ketones (excluding diaryl/α,β-unsaturated/α-hetero) is 1. The highest BCUT2D eigenvalue weighted by Crippen LogP contribution is 2.65. The van der Waals surface area contributed by atoms with E-state index in [-0.39, 0.29) is 17.6 Å². The number of likely N-dealkylation sites (tertiary alicyclic amines) is 1. The zero-order valence-corrected chi connectivity index (χ0v) is 16.6. The third kappa shape index (κ3) is 1.83. The molecule has 0 aromatic heterocycles. The standard InChI is InChI=1S/C23H29NO4/c1-24(13-14-4-2-3-5-14)11-10-22-19-15-6-7-16(25)20(19)28-21(22)17(26)8-9-23(22,27)18(24)12-15/h6-7,14,18,21,27H,2-5,8-13H2,1H3/p+1/t18-,21+,22-,23-,24?/m1/s1. The van der Waals surface area contributed by atoms with Crippen LogP contribution >= 0.6 is 0 Å². The van der Waals surface area contributed by atoms with Crippen LogP contribution in [-0.2, 0) is 16.6 Å². The molecule has 2 aliphatic heterocycles. The molecule has 1 aromatic rings. The molecule has 2 bridgehead atoms. The van der Waals surface area contributed by atoms with Gasteiger partial charge < -0.3 is 19.4 Å². The molecule has 0 radical (unpaired) electrons. The summed E-state index contributed by atoms with van der Waals surface area (Å²) in [5.74, 6) is 1.39. The Labute approximate surface area is 165 Å². The molecule has 5 atom stereocenters. The second kappa shape index (κ2) is 5.31. The number of likely N-dealkylation sites (N-methyl/N-ethyl adjacent to an activating group) is 1. The number of phenolic OH excluding ortho intramolecular Hbond substituents is 1. The predicted octanol–water partition coefficient (Wildman–Crippen LogP) is 2.45. The molecular weight excluding hydrogens is 354 g/mol. The van der Waals surface area contributed by atoms with Crippen LogP contribution in [0, 0.1) is 5.92 Å². The third-order valence-corrected chi connectivity index (χ3v) is 9.05. The highest BCUT2D eigenvalue weighted by atomic mass is 16.5. The van der Waals surface area contributed by atoms with Gasteiger partial charge in [-0.1, -0.05) is 18.9 Å². The summed E-state index contributed by atoms with van der Waals surface area (Å²) in [5.41, 5.74) is 0.484. The van der Waals surface area contributed by atoms with Gasteiger partial charge in [-0.3, -0.25) is 4.79 Å². The summed E-state index contributed by atoms with van der Waals surface area (Å²) in [6.45, 7) is 2.09. The fourth-order valence-electron chi connectivity index (χ4n) is 7.83. The molecule has 5 heteroatoms. The van der Waals surface area contributed by atoms with Crippen molar-refractivity contribution in [1.82, 2.24) is 0 Å². The molecule has 5 aliphatic rings. The normalized spacial score (nSPS) is 43.7. The smallest absolute Gasteiger partial charge is 0.174 e. The minimum Gasteiger partial charge on any atom is -0.504 e. The van der Waals surface area contributed by atoms with Crippen molar-refractivity contribution >= 4 is 5.78 Å². The minimum atomic E-state index is -0.941. The number of carbonyl (C=O) groups excluding carboxylic acids is 1. The number of benzene rings is 1. The van der Waals surface area contributed by atoms with Gasteiger partial charge in [0.15, 0.2) is 23.4 Å². The minimum absolute atomic E-state index is 0.0822. The summed E-state index contributed by atoms with van der Waals surface area (Å²) in [6, 6.07) is 3.79. The van der Waals surface area contributed by atoms with Gasteiger partial charge in [0.05, 0.1) is 25.6 Å². The first-order valence-corrected chi connectivity index (χ1v) is 11.0.